The van der Waals surface area contributed by atoms with E-state index in [1.54, 1.807) is 17.0 Å². The maximum atomic E-state index is 12.4. The van der Waals surface area contributed by atoms with Crippen molar-refractivity contribution < 1.29 is 14.3 Å². The number of amides is 2. The van der Waals surface area contributed by atoms with Gasteiger partial charge in [-0.2, -0.15) is 0 Å². The van der Waals surface area contributed by atoms with E-state index in [4.69, 9.17) is 16.3 Å². The molecule has 0 unspecified atom stereocenters. The Morgan fingerprint density at radius 3 is 2.22 bits per heavy atom. The molecule has 0 bridgehead atoms. The molecule has 7 heteroatoms. The van der Waals surface area contributed by atoms with Gasteiger partial charge in [0.15, 0.2) is 0 Å². The van der Waals surface area contributed by atoms with Crippen LogP contribution < -0.4 is 5.32 Å². The van der Waals surface area contributed by atoms with Crippen molar-refractivity contribution in [1.29, 1.82) is 0 Å². The molecule has 0 spiro atoms. The molecule has 1 atom stereocenters. The molecule has 2 amide bonds. The minimum absolute atomic E-state index is 0.137. The smallest absolute Gasteiger partial charge is 0.327 e. The monoisotopic (exact) mass is 387 g/mol. The highest BCUT2D eigenvalue weighted by atomic mass is 35.5. The summed E-state index contributed by atoms with van der Waals surface area (Å²) in [6.45, 7) is 2.20. The van der Waals surface area contributed by atoms with Gasteiger partial charge < -0.3 is 15.0 Å². The standard InChI is InChI=1S/C20H22ClN3O3/c1-27-19(25)18(15-7-9-16(21)10-8-15)23-11-13-24(14-12-23)20(26)22-17-5-3-2-4-6-17/h2-10,18H,11-14H2,1H3,(H,22,26)/t18-/m1/s1. The molecule has 0 aliphatic carbocycles. The first-order valence-electron chi connectivity index (χ1n) is 8.77. The van der Waals surface area contributed by atoms with Crippen LogP contribution in [0.15, 0.2) is 54.6 Å². The first-order valence-corrected chi connectivity index (χ1v) is 9.14. The fourth-order valence-electron chi connectivity index (χ4n) is 3.16. The van der Waals surface area contributed by atoms with E-state index < -0.39 is 6.04 Å². The molecule has 0 aromatic heterocycles. The van der Waals surface area contributed by atoms with Crippen LogP contribution in [0.4, 0.5) is 10.5 Å². The lowest BCUT2D eigenvalue weighted by Crippen LogP contribution is -2.52. The van der Waals surface area contributed by atoms with Crippen molar-refractivity contribution in [3.63, 3.8) is 0 Å². The number of anilines is 1. The lowest BCUT2D eigenvalue weighted by atomic mass is 10.0. The predicted octanol–water partition coefficient (Wildman–Crippen LogP) is 3.40. The van der Waals surface area contributed by atoms with E-state index in [2.05, 4.69) is 5.32 Å². The first-order chi connectivity index (χ1) is 13.1. The number of ether oxygens (including phenoxy) is 1. The number of piperazine rings is 1. The Hall–Kier alpha value is -2.57. The Morgan fingerprint density at radius 1 is 1.00 bits per heavy atom. The second-order valence-corrected chi connectivity index (χ2v) is 6.73. The lowest BCUT2D eigenvalue weighted by molar-refractivity contribution is -0.148. The zero-order chi connectivity index (χ0) is 19.2. The van der Waals surface area contributed by atoms with E-state index >= 15 is 0 Å². The van der Waals surface area contributed by atoms with Crippen LogP contribution in [-0.2, 0) is 9.53 Å². The average molecular weight is 388 g/mol. The van der Waals surface area contributed by atoms with Crippen LogP contribution in [0, 0.1) is 0 Å². The van der Waals surface area contributed by atoms with Gasteiger partial charge in [-0.15, -0.1) is 0 Å². The molecule has 2 aromatic carbocycles. The van der Waals surface area contributed by atoms with Gasteiger partial charge in [0, 0.05) is 36.9 Å². The zero-order valence-electron chi connectivity index (χ0n) is 15.1. The van der Waals surface area contributed by atoms with E-state index in [-0.39, 0.29) is 12.0 Å². The summed E-state index contributed by atoms with van der Waals surface area (Å²) in [6.07, 6.45) is 0. The third-order valence-corrected chi connectivity index (χ3v) is 4.85. The van der Waals surface area contributed by atoms with Crippen molar-refractivity contribution >= 4 is 29.3 Å². The van der Waals surface area contributed by atoms with Gasteiger partial charge >= 0.3 is 12.0 Å². The summed E-state index contributed by atoms with van der Waals surface area (Å²) in [7, 11) is 1.38. The van der Waals surface area contributed by atoms with E-state index in [1.165, 1.54) is 7.11 Å². The highest BCUT2D eigenvalue weighted by Gasteiger charge is 2.32. The number of halogens is 1. The minimum Gasteiger partial charge on any atom is -0.468 e. The van der Waals surface area contributed by atoms with E-state index in [9.17, 15) is 9.59 Å². The molecule has 142 valence electrons. The molecule has 1 aliphatic heterocycles. The molecule has 1 aliphatic rings. The number of urea groups is 1. The van der Waals surface area contributed by atoms with Crippen LogP contribution in [0.5, 0.6) is 0 Å². The Kier molecular flexibility index (Phi) is 6.32. The molecular formula is C20H22ClN3O3. The molecule has 27 heavy (non-hydrogen) atoms. The van der Waals surface area contributed by atoms with Crippen molar-refractivity contribution in [3.05, 3.63) is 65.2 Å². The number of carbonyl (C=O) groups is 2. The van der Waals surface area contributed by atoms with Crippen molar-refractivity contribution in [2.75, 3.05) is 38.6 Å². The maximum absolute atomic E-state index is 12.4. The molecule has 0 saturated carbocycles. The molecule has 1 N–H and O–H groups in total. The summed E-state index contributed by atoms with van der Waals surface area (Å²) in [5, 5.41) is 3.51. The van der Waals surface area contributed by atoms with Crippen LogP contribution in [0.2, 0.25) is 5.02 Å². The van der Waals surface area contributed by atoms with Gasteiger partial charge in [0.1, 0.15) is 6.04 Å². The van der Waals surface area contributed by atoms with Crippen LogP contribution in [0.3, 0.4) is 0 Å². The van der Waals surface area contributed by atoms with Gasteiger partial charge in [0.2, 0.25) is 0 Å². The number of benzene rings is 2. The lowest BCUT2D eigenvalue weighted by Gasteiger charge is -2.38. The second-order valence-electron chi connectivity index (χ2n) is 6.30. The van der Waals surface area contributed by atoms with E-state index in [1.807, 2.05) is 47.4 Å². The van der Waals surface area contributed by atoms with Crippen LogP contribution in [-0.4, -0.2) is 55.1 Å². The maximum Gasteiger partial charge on any atom is 0.327 e. The molecule has 0 radical (unpaired) electrons. The first kappa shape index (κ1) is 19.2. The number of rotatable bonds is 4. The molecule has 1 heterocycles. The summed E-state index contributed by atoms with van der Waals surface area (Å²) < 4.78 is 5.00. The third kappa shape index (κ3) is 4.78. The minimum atomic E-state index is -0.508. The second kappa shape index (κ2) is 8.88. The van der Waals surface area contributed by atoms with Crippen LogP contribution in [0.25, 0.3) is 0 Å². The van der Waals surface area contributed by atoms with Gasteiger partial charge in [0.25, 0.3) is 0 Å². The van der Waals surface area contributed by atoms with Gasteiger partial charge in [-0.25, -0.2) is 9.59 Å². The summed E-state index contributed by atoms with van der Waals surface area (Å²) in [5.41, 5.74) is 1.59. The van der Waals surface area contributed by atoms with Gasteiger partial charge in [-0.05, 0) is 29.8 Å². The number of carbonyl (C=O) groups excluding carboxylic acids is 2. The average Bonchev–Trinajstić information content (AvgIpc) is 2.70. The zero-order valence-corrected chi connectivity index (χ0v) is 15.9. The Labute approximate surface area is 163 Å². The van der Waals surface area contributed by atoms with E-state index in [0.29, 0.717) is 31.2 Å². The number of nitrogens with zero attached hydrogens (tertiary/aromatic N) is 2. The van der Waals surface area contributed by atoms with Crippen LogP contribution in [0.1, 0.15) is 11.6 Å². The fraction of sp³-hybridized carbons (Fsp3) is 0.300. The molecule has 3 rings (SSSR count). The molecule has 1 saturated heterocycles. The number of esters is 1. The number of hydrogen-bond donors (Lipinski definition) is 1. The quantitative estimate of drug-likeness (QED) is 0.817. The topological polar surface area (TPSA) is 61.9 Å². The van der Waals surface area contributed by atoms with Crippen molar-refractivity contribution in [3.8, 4) is 0 Å². The Bertz CT molecular complexity index is 775. The number of methoxy groups -OCH3 is 1. The number of nitrogens with one attached hydrogen (secondary N) is 1. The predicted molar refractivity (Wildman–Crippen MR) is 105 cm³/mol. The summed E-state index contributed by atoms with van der Waals surface area (Å²) in [4.78, 5) is 28.6. The normalized spacial score (nSPS) is 15.9. The third-order valence-electron chi connectivity index (χ3n) is 4.60. The molecular weight excluding hydrogens is 366 g/mol. The van der Waals surface area contributed by atoms with Crippen molar-refractivity contribution in [2.24, 2.45) is 0 Å². The highest BCUT2D eigenvalue weighted by molar-refractivity contribution is 6.30. The van der Waals surface area contributed by atoms with Gasteiger partial charge in [-0.1, -0.05) is 41.9 Å². The Balaban J connectivity index is 1.64. The van der Waals surface area contributed by atoms with Crippen LogP contribution >= 0.6 is 11.6 Å². The summed E-state index contributed by atoms with van der Waals surface area (Å²) >= 11 is 5.96. The largest absolute Gasteiger partial charge is 0.468 e. The summed E-state index contributed by atoms with van der Waals surface area (Å²) in [5.74, 6) is -0.320. The van der Waals surface area contributed by atoms with Crippen molar-refractivity contribution in [2.45, 2.75) is 6.04 Å². The molecule has 1 fully saturated rings. The van der Waals surface area contributed by atoms with Gasteiger partial charge in [0.05, 0.1) is 7.11 Å². The SMILES string of the molecule is COC(=O)[C@@H](c1ccc(Cl)cc1)N1CCN(C(=O)Nc2ccccc2)CC1. The summed E-state index contributed by atoms with van der Waals surface area (Å²) in [6, 6.07) is 15.9. The Morgan fingerprint density at radius 2 is 1.63 bits per heavy atom. The fourth-order valence-corrected chi connectivity index (χ4v) is 3.29. The van der Waals surface area contributed by atoms with E-state index in [0.717, 1.165) is 11.3 Å². The highest BCUT2D eigenvalue weighted by Crippen LogP contribution is 2.25. The van der Waals surface area contributed by atoms with Gasteiger partial charge in [-0.3, -0.25) is 4.90 Å². The number of para-hydroxylation sites is 1. The number of hydrogen-bond acceptors (Lipinski definition) is 4. The van der Waals surface area contributed by atoms with Crippen molar-refractivity contribution in [1.82, 2.24) is 9.80 Å². The molecule has 6 nitrogen and oxygen atoms in total. The molecule has 2 aromatic rings.